The topological polar surface area (TPSA) is 126 Å². The molecule has 1 saturated heterocycles. The number of halogens is 3. The molecule has 0 aliphatic carbocycles. The van der Waals surface area contributed by atoms with Crippen molar-refractivity contribution in [3.63, 3.8) is 0 Å². The molecule has 5 rings (SSSR count). The van der Waals surface area contributed by atoms with E-state index >= 15 is 0 Å². The van der Waals surface area contributed by atoms with E-state index in [2.05, 4.69) is 25.3 Å². The summed E-state index contributed by atoms with van der Waals surface area (Å²) in [5.41, 5.74) is 2.66. The van der Waals surface area contributed by atoms with Gasteiger partial charge in [0.1, 0.15) is 11.8 Å². The van der Waals surface area contributed by atoms with E-state index in [4.69, 9.17) is 16.3 Å². The smallest absolute Gasteiger partial charge is 0.387 e. The van der Waals surface area contributed by atoms with Crippen LogP contribution in [0.25, 0.3) is 11.3 Å². The van der Waals surface area contributed by atoms with Gasteiger partial charge in [0.2, 0.25) is 11.9 Å². The van der Waals surface area contributed by atoms with Crippen molar-refractivity contribution in [1.82, 2.24) is 20.2 Å². The van der Waals surface area contributed by atoms with E-state index in [9.17, 15) is 23.5 Å². The summed E-state index contributed by atoms with van der Waals surface area (Å²) in [6.07, 6.45) is 3.20. The molecule has 3 N–H and O–H groups in total. The van der Waals surface area contributed by atoms with Gasteiger partial charge in [-0.1, -0.05) is 35.9 Å². The number of hydrogen-bond acceptors (Lipinski definition) is 8. The summed E-state index contributed by atoms with van der Waals surface area (Å²) < 4.78 is 35.1. The Bertz CT molecular complexity index is 1460. The molecule has 0 radical (unpaired) electrons. The lowest BCUT2D eigenvalue weighted by Gasteiger charge is -2.26. The van der Waals surface area contributed by atoms with Gasteiger partial charge in [0, 0.05) is 36.9 Å². The van der Waals surface area contributed by atoms with Crippen molar-refractivity contribution in [2.75, 3.05) is 25.1 Å². The SMILES string of the molecule is C[C@H](C(=O)N[C@H](CO)c1cccc(OC(F)F)c1)N1Cc2ccc(-c3nc(NC4CCOCC4)ncc3Cl)cc2C1=O. The van der Waals surface area contributed by atoms with Gasteiger partial charge in [0.05, 0.1) is 29.6 Å². The first kappa shape index (κ1) is 29.6. The summed E-state index contributed by atoms with van der Waals surface area (Å²) >= 11 is 6.44. The Hall–Kier alpha value is -3.87. The third-order valence-corrected chi connectivity index (χ3v) is 7.62. The van der Waals surface area contributed by atoms with Crippen LogP contribution in [0.5, 0.6) is 5.75 Å². The molecule has 13 heteroatoms. The first-order chi connectivity index (χ1) is 20.2. The monoisotopic (exact) mass is 601 g/mol. The van der Waals surface area contributed by atoms with Gasteiger partial charge in [-0.2, -0.15) is 8.78 Å². The predicted molar refractivity (Wildman–Crippen MR) is 150 cm³/mol. The number of nitrogens with zero attached hydrogens (tertiary/aromatic N) is 3. The molecule has 3 heterocycles. The molecule has 2 aromatic carbocycles. The quantitative estimate of drug-likeness (QED) is 0.316. The number of alkyl halides is 2. The predicted octanol–water partition coefficient (Wildman–Crippen LogP) is 4.18. The Morgan fingerprint density at radius 3 is 2.76 bits per heavy atom. The molecule has 1 aromatic heterocycles. The Labute approximate surface area is 246 Å². The molecule has 2 amide bonds. The lowest BCUT2D eigenvalue weighted by Crippen LogP contribution is -2.46. The molecule has 3 aromatic rings. The van der Waals surface area contributed by atoms with Crippen LogP contribution in [0.15, 0.2) is 48.7 Å². The summed E-state index contributed by atoms with van der Waals surface area (Å²) in [6, 6.07) is 9.47. The van der Waals surface area contributed by atoms with Crippen LogP contribution in [-0.4, -0.2) is 70.3 Å². The molecule has 2 atom stereocenters. The van der Waals surface area contributed by atoms with E-state index < -0.39 is 31.2 Å². The largest absolute Gasteiger partial charge is 0.435 e. The average molecular weight is 602 g/mol. The number of benzene rings is 2. The molecule has 222 valence electrons. The minimum Gasteiger partial charge on any atom is -0.435 e. The standard InChI is InChI=1S/C29H30ClF2N5O5/c1-16(26(39)35-24(15-38)17-3-2-4-21(11-17)42-28(31)32)37-14-19-6-5-18(12-22(19)27(37)40)25-23(30)13-33-29(36-25)34-20-7-9-41-10-8-20/h2-6,11-13,16,20,24,28,38H,7-10,14-15H2,1H3,(H,35,39)(H,33,34,36)/t16-,24-/m1/s1. The average Bonchev–Trinajstić information content (AvgIpc) is 3.32. The third-order valence-electron chi connectivity index (χ3n) is 7.35. The Kier molecular flexibility index (Phi) is 9.15. The zero-order valence-corrected chi connectivity index (χ0v) is 23.5. The lowest BCUT2D eigenvalue weighted by molar-refractivity contribution is -0.126. The minimum absolute atomic E-state index is 0.0977. The normalized spacial score (nSPS) is 16.7. The van der Waals surface area contributed by atoms with E-state index in [0.29, 0.717) is 46.6 Å². The van der Waals surface area contributed by atoms with Crippen molar-refractivity contribution in [1.29, 1.82) is 0 Å². The van der Waals surface area contributed by atoms with Crippen LogP contribution < -0.4 is 15.4 Å². The maximum atomic E-state index is 13.4. The second-order valence-corrected chi connectivity index (χ2v) is 10.5. The van der Waals surface area contributed by atoms with Gasteiger partial charge in [0.15, 0.2) is 0 Å². The van der Waals surface area contributed by atoms with Gasteiger partial charge < -0.3 is 30.1 Å². The molecule has 2 aliphatic heterocycles. The highest BCUT2D eigenvalue weighted by Gasteiger charge is 2.35. The second-order valence-electron chi connectivity index (χ2n) is 10.1. The van der Waals surface area contributed by atoms with E-state index in [-0.39, 0.29) is 24.2 Å². The first-order valence-electron chi connectivity index (χ1n) is 13.5. The van der Waals surface area contributed by atoms with E-state index in [1.807, 2.05) is 12.1 Å². The maximum Gasteiger partial charge on any atom is 0.387 e. The van der Waals surface area contributed by atoms with Gasteiger partial charge in [-0.15, -0.1) is 0 Å². The molecule has 42 heavy (non-hydrogen) atoms. The molecule has 10 nitrogen and oxygen atoms in total. The fourth-order valence-corrected chi connectivity index (χ4v) is 5.22. The number of carbonyl (C=O) groups excluding carboxylic acids is 2. The van der Waals surface area contributed by atoms with Gasteiger partial charge in [-0.05, 0) is 49.1 Å². The van der Waals surface area contributed by atoms with Crippen LogP contribution in [0.2, 0.25) is 5.02 Å². The van der Waals surface area contributed by atoms with Crippen molar-refractivity contribution in [2.24, 2.45) is 0 Å². The molecule has 2 aliphatic rings. The minimum atomic E-state index is -3.01. The molecular weight excluding hydrogens is 572 g/mol. The maximum absolute atomic E-state index is 13.4. The fraction of sp³-hybridized carbons (Fsp3) is 0.379. The molecule has 1 fully saturated rings. The Balaban J connectivity index is 1.29. The Morgan fingerprint density at radius 2 is 2.02 bits per heavy atom. The van der Waals surface area contributed by atoms with E-state index in [1.54, 1.807) is 19.1 Å². The lowest BCUT2D eigenvalue weighted by atomic mass is 10.0. The van der Waals surface area contributed by atoms with Crippen molar-refractivity contribution in [3.05, 3.63) is 70.4 Å². The first-order valence-corrected chi connectivity index (χ1v) is 13.9. The number of rotatable bonds is 10. The van der Waals surface area contributed by atoms with Crippen molar-refractivity contribution < 1.29 is 33.0 Å². The number of ether oxygens (including phenoxy) is 2. The summed E-state index contributed by atoms with van der Waals surface area (Å²) in [5, 5.41) is 16.2. The van der Waals surface area contributed by atoms with Crippen LogP contribution in [0, 0.1) is 0 Å². The highest BCUT2D eigenvalue weighted by Crippen LogP contribution is 2.32. The molecular formula is C29H30ClF2N5O5. The molecule has 0 unspecified atom stereocenters. The Morgan fingerprint density at radius 1 is 1.24 bits per heavy atom. The van der Waals surface area contributed by atoms with Crippen molar-refractivity contribution >= 4 is 29.4 Å². The number of nitrogens with one attached hydrogen (secondary N) is 2. The highest BCUT2D eigenvalue weighted by atomic mass is 35.5. The summed E-state index contributed by atoms with van der Waals surface area (Å²) in [4.78, 5) is 36.9. The molecule has 0 bridgehead atoms. The fourth-order valence-electron chi connectivity index (χ4n) is 5.02. The van der Waals surface area contributed by atoms with Crippen LogP contribution in [0.3, 0.4) is 0 Å². The van der Waals surface area contributed by atoms with Crippen molar-refractivity contribution in [3.8, 4) is 17.0 Å². The van der Waals surface area contributed by atoms with Crippen LogP contribution in [-0.2, 0) is 16.1 Å². The zero-order valence-electron chi connectivity index (χ0n) is 22.7. The van der Waals surface area contributed by atoms with Gasteiger partial charge >= 0.3 is 6.61 Å². The van der Waals surface area contributed by atoms with Gasteiger partial charge in [-0.25, -0.2) is 9.97 Å². The summed E-state index contributed by atoms with van der Waals surface area (Å²) in [7, 11) is 0. The van der Waals surface area contributed by atoms with Gasteiger partial charge in [0.25, 0.3) is 5.91 Å². The number of aromatic nitrogens is 2. The van der Waals surface area contributed by atoms with Crippen molar-refractivity contribution in [2.45, 2.75) is 51.0 Å². The number of aliphatic hydroxyl groups excluding tert-OH is 1. The van der Waals surface area contributed by atoms with Crippen LogP contribution >= 0.6 is 11.6 Å². The number of anilines is 1. The van der Waals surface area contributed by atoms with E-state index in [1.165, 1.54) is 29.3 Å². The van der Waals surface area contributed by atoms with Crippen LogP contribution in [0.1, 0.15) is 47.3 Å². The second kappa shape index (κ2) is 13.0. The third kappa shape index (κ3) is 6.61. The number of amides is 2. The summed E-state index contributed by atoms with van der Waals surface area (Å²) in [6.45, 7) is -0.366. The summed E-state index contributed by atoms with van der Waals surface area (Å²) in [5.74, 6) is -0.518. The molecule has 0 saturated carbocycles. The van der Waals surface area contributed by atoms with Gasteiger partial charge in [-0.3, -0.25) is 9.59 Å². The highest BCUT2D eigenvalue weighted by molar-refractivity contribution is 6.33. The number of fused-ring (bicyclic) bond motifs is 1. The number of hydrogen-bond donors (Lipinski definition) is 3. The number of aliphatic hydroxyl groups is 1. The van der Waals surface area contributed by atoms with Crippen LogP contribution in [0.4, 0.5) is 14.7 Å². The van der Waals surface area contributed by atoms with E-state index in [0.717, 1.165) is 18.4 Å². The zero-order chi connectivity index (χ0) is 29.8. The molecule has 0 spiro atoms. The number of carbonyl (C=O) groups is 2.